The van der Waals surface area contributed by atoms with Crippen LogP contribution in [0.5, 0.6) is 11.5 Å². The van der Waals surface area contributed by atoms with Gasteiger partial charge in [0.05, 0.1) is 26.1 Å². The average Bonchev–Trinajstić information content (AvgIpc) is 3.27. The molecule has 2 atom stereocenters. The van der Waals surface area contributed by atoms with E-state index in [-0.39, 0.29) is 29.7 Å². The molecular formula is C16H22N2O4. The molecule has 1 aliphatic rings. The Morgan fingerprint density at radius 3 is 2.32 bits per heavy atom. The van der Waals surface area contributed by atoms with Gasteiger partial charge in [-0.15, -0.1) is 0 Å². The molecule has 1 fully saturated rings. The van der Waals surface area contributed by atoms with Crippen molar-refractivity contribution in [2.75, 3.05) is 19.5 Å². The molecular weight excluding hydrogens is 284 g/mol. The summed E-state index contributed by atoms with van der Waals surface area (Å²) in [6.45, 7) is 3.80. The number of methoxy groups -OCH3 is 2. The maximum atomic E-state index is 12.2. The van der Waals surface area contributed by atoms with E-state index in [1.807, 2.05) is 13.8 Å². The number of nitrogens with one attached hydrogen (secondary N) is 2. The summed E-state index contributed by atoms with van der Waals surface area (Å²) in [5.41, 5.74) is 0.623. The highest BCUT2D eigenvalue weighted by molar-refractivity contribution is 5.99. The van der Waals surface area contributed by atoms with Gasteiger partial charge in [-0.2, -0.15) is 0 Å². The van der Waals surface area contributed by atoms with Crippen molar-refractivity contribution in [3.63, 3.8) is 0 Å². The second-order valence-corrected chi connectivity index (χ2v) is 5.67. The minimum absolute atomic E-state index is 0.0533. The van der Waals surface area contributed by atoms with Crippen LogP contribution in [0.25, 0.3) is 0 Å². The van der Waals surface area contributed by atoms with Crippen molar-refractivity contribution in [2.24, 2.45) is 11.8 Å². The third-order valence-corrected chi connectivity index (χ3v) is 3.55. The molecule has 0 radical (unpaired) electrons. The molecule has 22 heavy (non-hydrogen) atoms. The summed E-state index contributed by atoms with van der Waals surface area (Å²) >= 11 is 0. The first kappa shape index (κ1) is 16.1. The van der Waals surface area contributed by atoms with Gasteiger partial charge < -0.3 is 20.1 Å². The Bertz CT molecular complexity index is 571. The number of amides is 2. The molecule has 0 heterocycles. The first-order valence-corrected chi connectivity index (χ1v) is 7.29. The van der Waals surface area contributed by atoms with E-state index in [0.29, 0.717) is 23.6 Å². The summed E-state index contributed by atoms with van der Waals surface area (Å²) in [4.78, 5) is 24.0. The SMILES string of the molecule is COc1ccc(NC(=O)C2CC2C(=O)NC(C)C)cc1OC. The molecule has 120 valence electrons. The fourth-order valence-corrected chi connectivity index (χ4v) is 2.32. The Hall–Kier alpha value is -2.24. The molecule has 0 saturated heterocycles. The van der Waals surface area contributed by atoms with E-state index in [0.717, 1.165) is 0 Å². The monoisotopic (exact) mass is 306 g/mol. The fourth-order valence-electron chi connectivity index (χ4n) is 2.32. The number of hydrogen-bond donors (Lipinski definition) is 2. The highest BCUT2D eigenvalue weighted by Crippen LogP contribution is 2.40. The summed E-state index contributed by atoms with van der Waals surface area (Å²) in [6.07, 6.45) is 0.595. The average molecular weight is 306 g/mol. The first-order chi connectivity index (χ1) is 10.5. The van der Waals surface area contributed by atoms with Crippen LogP contribution < -0.4 is 20.1 Å². The molecule has 1 aliphatic carbocycles. The maximum absolute atomic E-state index is 12.2. The predicted molar refractivity (Wildman–Crippen MR) is 83.1 cm³/mol. The van der Waals surface area contributed by atoms with E-state index < -0.39 is 0 Å². The number of carbonyl (C=O) groups excluding carboxylic acids is 2. The first-order valence-electron chi connectivity index (χ1n) is 7.29. The second kappa shape index (κ2) is 6.68. The number of anilines is 1. The summed E-state index contributed by atoms with van der Waals surface area (Å²) in [5, 5.41) is 5.64. The summed E-state index contributed by atoms with van der Waals surface area (Å²) in [5.74, 6) is 0.472. The summed E-state index contributed by atoms with van der Waals surface area (Å²) in [6, 6.07) is 5.25. The van der Waals surface area contributed by atoms with Crippen molar-refractivity contribution in [2.45, 2.75) is 26.3 Å². The molecule has 0 spiro atoms. The van der Waals surface area contributed by atoms with E-state index in [1.54, 1.807) is 25.3 Å². The third kappa shape index (κ3) is 3.69. The van der Waals surface area contributed by atoms with E-state index in [2.05, 4.69) is 10.6 Å². The van der Waals surface area contributed by atoms with Crippen molar-refractivity contribution >= 4 is 17.5 Å². The molecule has 1 saturated carbocycles. The quantitative estimate of drug-likeness (QED) is 0.840. The van der Waals surface area contributed by atoms with E-state index in [1.165, 1.54) is 7.11 Å². The van der Waals surface area contributed by atoms with E-state index in [4.69, 9.17) is 9.47 Å². The van der Waals surface area contributed by atoms with Gasteiger partial charge in [0.1, 0.15) is 0 Å². The van der Waals surface area contributed by atoms with Gasteiger partial charge in [-0.1, -0.05) is 0 Å². The van der Waals surface area contributed by atoms with E-state index >= 15 is 0 Å². The van der Waals surface area contributed by atoms with Crippen molar-refractivity contribution in [1.82, 2.24) is 5.32 Å². The lowest BCUT2D eigenvalue weighted by molar-refractivity contribution is -0.125. The van der Waals surface area contributed by atoms with Crippen LogP contribution in [-0.4, -0.2) is 32.1 Å². The Morgan fingerprint density at radius 2 is 1.73 bits per heavy atom. The highest BCUT2D eigenvalue weighted by Gasteiger charge is 2.48. The van der Waals surface area contributed by atoms with Crippen LogP contribution in [0.1, 0.15) is 20.3 Å². The van der Waals surface area contributed by atoms with Crippen LogP contribution in [0, 0.1) is 11.8 Å². The minimum atomic E-state index is -0.258. The van der Waals surface area contributed by atoms with Crippen molar-refractivity contribution in [1.29, 1.82) is 0 Å². The molecule has 2 rings (SSSR count). The number of benzene rings is 1. The van der Waals surface area contributed by atoms with Gasteiger partial charge in [-0.05, 0) is 32.4 Å². The Morgan fingerprint density at radius 1 is 1.09 bits per heavy atom. The van der Waals surface area contributed by atoms with Gasteiger partial charge in [0.25, 0.3) is 0 Å². The van der Waals surface area contributed by atoms with Crippen LogP contribution in [-0.2, 0) is 9.59 Å². The zero-order chi connectivity index (χ0) is 16.3. The smallest absolute Gasteiger partial charge is 0.228 e. The lowest BCUT2D eigenvalue weighted by Crippen LogP contribution is -2.32. The number of rotatable bonds is 6. The molecule has 0 aromatic heterocycles. The number of carbonyl (C=O) groups is 2. The molecule has 6 heteroatoms. The van der Waals surface area contributed by atoms with Crippen LogP contribution >= 0.6 is 0 Å². The maximum Gasteiger partial charge on any atom is 0.228 e. The molecule has 0 bridgehead atoms. The second-order valence-electron chi connectivity index (χ2n) is 5.67. The largest absolute Gasteiger partial charge is 0.493 e. The minimum Gasteiger partial charge on any atom is -0.493 e. The van der Waals surface area contributed by atoms with Crippen molar-refractivity contribution in [3.05, 3.63) is 18.2 Å². The Balaban J connectivity index is 1.95. The highest BCUT2D eigenvalue weighted by atomic mass is 16.5. The molecule has 0 aliphatic heterocycles. The van der Waals surface area contributed by atoms with Crippen LogP contribution in [0.3, 0.4) is 0 Å². The van der Waals surface area contributed by atoms with Gasteiger partial charge in [0.15, 0.2) is 11.5 Å². The standard InChI is InChI=1S/C16H22N2O4/c1-9(2)17-15(19)11-8-12(11)16(20)18-10-5-6-13(21-3)14(7-10)22-4/h5-7,9,11-12H,8H2,1-4H3,(H,17,19)(H,18,20). The lowest BCUT2D eigenvalue weighted by Gasteiger charge is -2.11. The predicted octanol–water partition coefficient (Wildman–Crippen LogP) is 1.80. The van der Waals surface area contributed by atoms with Gasteiger partial charge in [-0.25, -0.2) is 0 Å². The molecule has 2 N–H and O–H groups in total. The third-order valence-electron chi connectivity index (χ3n) is 3.55. The molecule has 1 aromatic carbocycles. The van der Waals surface area contributed by atoms with Crippen molar-refractivity contribution in [3.8, 4) is 11.5 Å². The van der Waals surface area contributed by atoms with Crippen molar-refractivity contribution < 1.29 is 19.1 Å². The molecule has 6 nitrogen and oxygen atoms in total. The Kier molecular flexibility index (Phi) is 4.90. The zero-order valence-corrected chi connectivity index (χ0v) is 13.3. The van der Waals surface area contributed by atoms with E-state index in [9.17, 15) is 9.59 Å². The topological polar surface area (TPSA) is 76.7 Å². The van der Waals surface area contributed by atoms with Gasteiger partial charge in [0, 0.05) is 17.8 Å². The van der Waals surface area contributed by atoms with Gasteiger partial charge in [0.2, 0.25) is 11.8 Å². The number of ether oxygens (including phenoxy) is 2. The van der Waals surface area contributed by atoms with Crippen LogP contribution in [0.4, 0.5) is 5.69 Å². The fraction of sp³-hybridized carbons (Fsp3) is 0.500. The van der Waals surface area contributed by atoms with Gasteiger partial charge >= 0.3 is 0 Å². The van der Waals surface area contributed by atoms with Crippen LogP contribution in [0.15, 0.2) is 18.2 Å². The number of hydrogen-bond acceptors (Lipinski definition) is 4. The van der Waals surface area contributed by atoms with Gasteiger partial charge in [-0.3, -0.25) is 9.59 Å². The lowest BCUT2D eigenvalue weighted by atomic mass is 10.2. The zero-order valence-electron chi connectivity index (χ0n) is 13.3. The summed E-state index contributed by atoms with van der Waals surface area (Å²) < 4.78 is 10.3. The summed E-state index contributed by atoms with van der Waals surface area (Å²) in [7, 11) is 3.09. The van der Waals surface area contributed by atoms with Crippen LogP contribution in [0.2, 0.25) is 0 Å². The molecule has 2 unspecified atom stereocenters. The molecule has 1 aromatic rings. The normalized spacial score (nSPS) is 19.5. The molecule has 2 amide bonds. The Labute approximate surface area is 130 Å².